The monoisotopic (exact) mass is 168 g/mol. The standard InChI is InChI=1S/C10H20N2/c1-3-5-6-8-10(7-4-2)9-12-11/h4,7,10-11H,3,5-6,8-9H2,1-2H3/b7-4-,12-11?. The van der Waals surface area contributed by atoms with E-state index >= 15 is 0 Å². The average Bonchev–Trinajstić information content (AvgIpc) is 2.06. The highest BCUT2D eigenvalue weighted by atomic mass is 14.9. The molecule has 0 aliphatic heterocycles. The molecule has 1 unspecified atom stereocenters. The van der Waals surface area contributed by atoms with Crippen LogP contribution in [-0.4, -0.2) is 6.54 Å². The van der Waals surface area contributed by atoms with Gasteiger partial charge in [-0.3, -0.25) is 0 Å². The van der Waals surface area contributed by atoms with Crippen LogP contribution in [0, 0.1) is 11.4 Å². The fourth-order valence-corrected chi connectivity index (χ4v) is 1.29. The van der Waals surface area contributed by atoms with Gasteiger partial charge in [-0.1, -0.05) is 38.3 Å². The lowest BCUT2D eigenvalue weighted by Crippen LogP contribution is -2.00. The molecule has 70 valence electrons. The first-order valence-electron chi connectivity index (χ1n) is 4.81. The molecule has 2 nitrogen and oxygen atoms in total. The van der Waals surface area contributed by atoms with E-state index in [2.05, 4.69) is 24.2 Å². The van der Waals surface area contributed by atoms with Gasteiger partial charge in [-0.25, -0.2) is 5.53 Å². The molecular weight excluding hydrogens is 148 g/mol. The van der Waals surface area contributed by atoms with Crippen molar-refractivity contribution in [1.29, 1.82) is 5.53 Å². The quantitative estimate of drug-likeness (QED) is 0.341. The summed E-state index contributed by atoms with van der Waals surface area (Å²) in [7, 11) is 0. The van der Waals surface area contributed by atoms with Crippen molar-refractivity contribution in [3.63, 3.8) is 0 Å². The van der Waals surface area contributed by atoms with Gasteiger partial charge in [-0.2, -0.15) is 5.11 Å². The summed E-state index contributed by atoms with van der Waals surface area (Å²) < 4.78 is 0. The van der Waals surface area contributed by atoms with E-state index in [0.717, 1.165) is 0 Å². The Labute approximate surface area is 75.6 Å². The Kier molecular flexibility index (Phi) is 7.97. The lowest BCUT2D eigenvalue weighted by Gasteiger charge is -2.07. The summed E-state index contributed by atoms with van der Waals surface area (Å²) in [5.41, 5.74) is 6.78. The summed E-state index contributed by atoms with van der Waals surface area (Å²) >= 11 is 0. The normalized spacial score (nSPS) is 13.5. The Balaban J connectivity index is 3.55. The third-order valence-electron chi connectivity index (χ3n) is 1.97. The highest BCUT2D eigenvalue weighted by Crippen LogP contribution is 2.11. The summed E-state index contributed by atoms with van der Waals surface area (Å²) in [4.78, 5) is 0. The van der Waals surface area contributed by atoms with Gasteiger partial charge in [-0.05, 0) is 19.3 Å². The molecule has 0 amide bonds. The minimum Gasteiger partial charge on any atom is -0.210 e. The minimum absolute atomic E-state index is 0.499. The first-order chi connectivity index (χ1) is 5.85. The van der Waals surface area contributed by atoms with Gasteiger partial charge in [0.15, 0.2) is 0 Å². The zero-order valence-electron chi connectivity index (χ0n) is 8.21. The summed E-state index contributed by atoms with van der Waals surface area (Å²) in [6, 6.07) is 0. The fourth-order valence-electron chi connectivity index (χ4n) is 1.29. The van der Waals surface area contributed by atoms with E-state index < -0.39 is 0 Å². The maximum atomic E-state index is 6.78. The predicted molar refractivity (Wildman–Crippen MR) is 52.5 cm³/mol. The Bertz CT molecular complexity index is 130. The summed E-state index contributed by atoms with van der Waals surface area (Å²) in [5, 5.41) is 3.43. The Hall–Kier alpha value is -0.660. The van der Waals surface area contributed by atoms with Crippen LogP contribution >= 0.6 is 0 Å². The van der Waals surface area contributed by atoms with Gasteiger partial charge in [0.25, 0.3) is 0 Å². The largest absolute Gasteiger partial charge is 0.210 e. The van der Waals surface area contributed by atoms with Gasteiger partial charge in [-0.15, -0.1) is 0 Å². The first kappa shape index (κ1) is 11.3. The molecule has 1 N–H and O–H groups in total. The average molecular weight is 168 g/mol. The zero-order chi connectivity index (χ0) is 9.23. The number of hydrogen-bond donors (Lipinski definition) is 1. The number of allylic oxidation sites excluding steroid dienone is 1. The third-order valence-corrected chi connectivity index (χ3v) is 1.97. The van der Waals surface area contributed by atoms with E-state index in [1.165, 1.54) is 25.7 Å². The van der Waals surface area contributed by atoms with Crippen LogP contribution in [0.2, 0.25) is 0 Å². The molecule has 0 saturated carbocycles. The van der Waals surface area contributed by atoms with E-state index in [4.69, 9.17) is 5.53 Å². The third kappa shape index (κ3) is 6.08. The molecule has 2 heteroatoms. The van der Waals surface area contributed by atoms with Gasteiger partial charge in [0.1, 0.15) is 0 Å². The Morgan fingerprint density at radius 3 is 2.67 bits per heavy atom. The Morgan fingerprint density at radius 2 is 2.17 bits per heavy atom. The first-order valence-corrected chi connectivity index (χ1v) is 4.81. The molecule has 1 atom stereocenters. The molecule has 0 radical (unpaired) electrons. The zero-order valence-corrected chi connectivity index (χ0v) is 8.21. The molecular formula is C10H20N2. The highest BCUT2D eigenvalue weighted by molar-refractivity contribution is 4.86. The van der Waals surface area contributed by atoms with Crippen molar-refractivity contribution in [3.8, 4) is 0 Å². The van der Waals surface area contributed by atoms with Crippen LogP contribution in [0.15, 0.2) is 17.3 Å². The van der Waals surface area contributed by atoms with Crippen molar-refractivity contribution < 1.29 is 0 Å². The molecule has 0 bridgehead atoms. The van der Waals surface area contributed by atoms with Gasteiger partial charge >= 0.3 is 0 Å². The highest BCUT2D eigenvalue weighted by Gasteiger charge is 2.02. The molecule has 0 rings (SSSR count). The van der Waals surface area contributed by atoms with E-state index in [1.54, 1.807) is 0 Å². The van der Waals surface area contributed by atoms with Crippen molar-refractivity contribution in [1.82, 2.24) is 0 Å². The topological polar surface area (TPSA) is 36.2 Å². The second kappa shape index (κ2) is 8.44. The number of hydrogen-bond acceptors (Lipinski definition) is 2. The van der Waals surface area contributed by atoms with Crippen LogP contribution < -0.4 is 0 Å². The number of rotatable bonds is 7. The lowest BCUT2D eigenvalue weighted by molar-refractivity contribution is 0.537. The molecule has 0 aromatic carbocycles. The van der Waals surface area contributed by atoms with Crippen LogP contribution in [0.5, 0.6) is 0 Å². The molecule has 0 fully saturated rings. The molecule has 0 aliphatic rings. The van der Waals surface area contributed by atoms with Crippen molar-refractivity contribution >= 4 is 0 Å². The predicted octanol–water partition coefficient (Wildman–Crippen LogP) is 3.79. The summed E-state index contributed by atoms with van der Waals surface area (Å²) in [6.45, 7) is 4.89. The smallest absolute Gasteiger partial charge is 0.0659 e. The van der Waals surface area contributed by atoms with E-state index in [1.807, 2.05) is 6.92 Å². The van der Waals surface area contributed by atoms with Crippen molar-refractivity contribution in [2.75, 3.05) is 6.54 Å². The maximum Gasteiger partial charge on any atom is 0.0659 e. The number of unbranched alkanes of at least 4 members (excludes halogenated alkanes) is 2. The van der Waals surface area contributed by atoms with Crippen LogP contribution in [0.25, 0.3) is 0 Å². The van der Waals surface area contributed by atoms with E-state index in [0.29, 0.717) is 12.5 Å². The second-order valence-electron chi connectivity index (χ2n) is 3.12. The van der Waals surface area contributed by atoms with Crippen LogP contribution in [0.1, 0.15) is 39.5 Å². The lowest BCUT2D eigenvalue weighted by atomic mass is 10.0. The SMILES string of the molecule is C/C=C\C(CCCCC)CN=N. The molecule has 0 aromatic rings. The molecule has 0 saturated heterocycles. The maximum absolute atomic E-state index is 6.78. The molecule has 0 heterocycles. The van der Waals surface area contributed by atoms with Gasteiger partial charge < -0.3 is 0 Å². The molecule has 0 aromatic heterocycles. The number of nitrogens with one attached hydrogen (secondary N) is 1. The van der Waals surface area contributed by atoms with E-state index in [-0.39, 0.29) is 0 Å². The van der Waals surface area contributed by atoms with Crippen LogP contribution in [-0.2, 0) is 0 Å². The van der Waals surface area contributed by atoms with E-state index in [9.17, 15) is 0 Å². The van der Waals surface area contributed by atoms with Crippen molar-refractivity contribution in [2.45, 2.75) is 39.5 Å². The minimum atomic E-state index is 0.499. The van der Waals surface area contributed by atoms with Crippen LogP contribution in [0.4, 0.5) is 0 Å². The van der Waals surface area contributed by atoms with Crippen LogP contribution in [0.3, 0.4) is 0 Å². The Morgan fingerprint density at radius 1 is 1.42 bits per heavy atom. The molecule has 0 aliphatic carbocycles. The summed E-state index contributed by atoms with van der Waals surface area (Å²) in [5.74, 6) is 0.499. The number of nitrogens with zero attached hydrogens (tertiary/aromatic N) is 1. The van der Waals surface area contributed by atoms with Gasteiger partial charge in [0.2, 0.25) is 0 Å². The van der Waals surface area contributed by atoms with Gasteiger partial charge in [0.05, 0.1) is 6.54 Å². The summed E-state index contributed by atoms with van der Waals surface area (Å²) in [6.07, 6.45) is 9.23. The van der Waals surface area contributed by atoms with Crippen molar-refractivity contribution in [2.24, 2.45) is 11.0 Å². The second-order valence-corrected chi connectivity index (χ2v) is 3.12. The molecule has 12 heavy (non-hydrogen) atoms. The molecule has 0 spiro atoms. The fraction of sp³-hybridized carbons (Fsp3) is 0.800. The van der Waals surface area contributed by atoms with Gasteiger partial charge in [0, 0.05) is 0 Å². The van der Waals surface area contributed by atoms with Crippen molar-refractivity contribution in [3.05, 3.63) is 12.2 Å².